The normalized spacial score (nSPS) is 17.8. The van der Waals surface area contributed by atoms with Crippen LogP contribution in [0.2, 0.25) is 0 Å². The van der Waals surface area contributed by atoms with Crippen LogP contribution >= 0.6 is 0 Å². The predicted octanol–water partition coefficient (Wildman–Crippen LogP) is 1.72. The molecule has 13 heavy (non-hydrogen) atoms. The summed E-state index contributed by atoms with van der Waals surface area (Å²) in [4.78, 5) is 2.46. The summed E-state index contributed by atoms with van der Waals surface area (Å²) >= 11 is 0. The van der Waals surface area contributed by atoms with Gasteiger partial charge in [0.1, 0.15) is 0 Å². The first-order valence-electron chi connectivity index (χ1n) is 5.72. The Morgan fingerprint density at radius 2 is 2.08 bits per heavy atom. The molecular formula is C11H24N2. The fraction of sp³-hybridized carbons (Fsp3) is 1.00. The van der Waals surface area contributed by atoms with Gasteiger partial charge in [-0.25, -0.2) is 0 Å². The van der Waals surface area contributed by atoms with E-state index in [0.717, 1.165) is 19.0 Å². The van der Waals surface area contributed by atoms with Gasteiger partial charge < -0.3 is 10.2 Å². The second-order valence-corrected chi connectivity index (χ2v) is 4.31. The second kappa shape index (κ2) is 6.39. The topological polar surface area (TPSA) is 15.3 Å². The van der Waals surface area contributed by atoms with Crippen LogP contribution in [0.5, 0.6) is 0 Å². The van der Waals surface area contributed by atoms with Crippen molar-refractivity contribution in [3.63, 3.8) is 0 Å². The molecule has 0 spiro atoms. The van der Waals surface area contributed by atoms with Gasteiger partial charge in [0.25, 0.3) is 0 Å². The first-order valence-corrected chi connectivity index (χ1v) is 5.72. The maximum Gasteiger partial charge on any atom is 0.0104 e. The van der Waals surface area contributed by atoms with Crippen LogP contribution in [0.15, 0.2) is 0 Å². The highest BCUT2D eigenvalue weighted by Crippen LogP contribution is 2.26. The van der Waals surface area contributed by atoms with Crippen molar-refractivity contribution in [2.45, 2.75) is 32.6 Å². The van der Waals surface area contributed by atoms with Gasteiger partial charge in [0, 0.05) is 19.6 Å². The molecule has 1 fully saturated rings. The van der Waals surface area contributed by atoms with Crippen molar-refractivity contribution in [2.75, 3.05) is 33.2 Å². The Kier molecular flexibility index (Phi) is 5.40. The number of hydrogen-bond acceptors (Lipinski definition) is 2. The first kappa shape index (κ1) is 11.0. The highest BCUT2D eigenvalue weighted by Gasteiger charge is 2.18. The van der Waals surface area contributed by atoms with Gasteiger partial charge in [0.15, 0.2) is 0 Å². The first-order chi connectivity index (χ1) is 6.33. The zero-order chi connectivity index (χ0) is 9.52. The molecule has 0 aromatic heterocycles. The lowest BCUT2D eigenvalue weighted by molar-refractivity contribution is 0.206. The fourth-order valence-corrected chi connectivity index (χ4v) is 1.78. The molecule has 0 unspecified atom stereocenters. The molecule has 0 aromatic rings. The quantitative estimate of drug-likeness (QED) is 0.606. The van der Waals surface area contributed by atoms with E-state index in [0.29, 0.717) is 0 Å². The number of rotatable bonds is 7. The van der Waals surface area contributed by atoms with Gasteiger partial charge in [0.2, 0.25) is 0 Å². The Balaban J connectivity index is 1.87. The van der Waals surface area contributed by atoms with Gasteiger partial charge in [-0.05, 0) is 38.8 Å². The minimum Gasteiger partial charge on any atom is -0.315 e. The molecule has 1 N–H and O–H groups in total. The summed E-state index contributed by atoms with van der Waals surface area (Å²) < 4.78 is 0. The number of hydrogen-bond donors (Lipinski definition) is 1. The zero-order valence-electron chi connectivity index (χ0n) is 9.18. The molecule has 0 amide bonds. The van der Waals surface area contributed by atoms with Crippen LogP contribution in [0, 0.1) is 5.92 Å². The molecular weight excluding hydrogens is 160 g/mol. The van der Waals surface area contributed by atoms with E-state index in [9.17, 15) is 0 Å². The van der Waals surface area contributed by atoms with Crippen molar-refractivity contribution < 1.29 is 0 Å². The molecule has 0 heterocycles. The van der Waals surface area contributed by atoms with Crippen LogP contribution in [0.3, 0.4) is 0 Å². The van der Waals surface area contributed by atoms with Crippen molar-refractivity contribution >= 4 is 0 Å². The Morgan fingerprint density at radius 3 is 2.62 bits per heavy atom. The third kappa shape index (κ3) is 4.63. The highest BCUT2D eigenvalue weighted by molar-refractivity contribution is 4.72. The Bertz CT molecular complexity index is 121. The highest BCUT2D eigenvalue weighted by atomic mass is 15.1. The van der Waals surface area contributed by atoms with Crippen molar-refractivity contribution in [1.82, 2.24) is 10.2 Å². The average Bonchev–Trinajstić information content (AvgIpc) is 2.06. The van der Waals surface area contributed by atoms with Crippen molar-refractivity contribution in [2.24, 2.45) is 5.92 Å². The van der Waals surface area contributed by atoms with Gasteiger partial charge in [-0.2, -0.15) is 0 Å². The van der Waals surface area contributed by atoms with Crippen molar-refractivity contribution in [3.8, 4) is 0 Å². The molecule has 2 heteroatoms. The molecule has 0 atom stereocenters. The number of nitrogens with zero attached hydrogens (tertiary/aromatic N) is 1. The second-order valence-electron chi connectivity index (χ2n) is 4.31. The number of likely N-dealkylation sites (N-methyl/N-ethyl adjacent to an activating group) is 1. The predicted molar refractivity (Wildman–Crippen MR) is 58.0 cm³/mol. The van der Waals surface area contributed by atoms with E-state index in [1.54, 1.807) is 0 Å². The van der Waals surface area contributed by atoms with E-state index < -0.39 is 0 Å². The van der Waals surface area contributed by atoms with Crippen molar-refractivity contribution in [3.05, 3.63) is 0 Å². The SMILES string of the molecule is CCCNCCN(C)CC1CCC1. The van der Waals surface area contributed by atoms with E-state index in [2.05, 4.69) is 24.2 Å². The summed E-state index contributed by atoms with van der Waals surface area (Å²) in [5, 5.41) is 3.43. The molecule has 1 aliphatic carbocycles. The average molecular weight is 184 g/mol. The van der Waals surface area contributed by atoms with Crippen LogP contribution < -0.4 is 5.32 Å². The lowest BCUT2D eigenvalue weighted by Gasteiger charge is -2.30. The minimum absolute atomic E-state index is 1.01. The minimum atomic E-state index is 1.01. The molecule has 0 radical (unpaired) electrons. The lowest BCUT2D eigenvalue weighted by atomic mass is 9.85. The summed E-state index contributed by atoms with van der Waals surface area (Å²) in [5.41, 5.74) is 0. The summed E-state index contributed by atoms with van der Waals surface area (Å²) in [5.74, 6) is 1.01. The van der Waals surface area contributed by atoms with E-state index in [1.165, 1.54) is 38.8 Å². The molecule has 0 aromatic carbocycles. The van der Waals surface area contributed by atoms with Gasteiger partial charge in [-0.15, -0.1) is 0 Å². The van der Waals surface area contributed by atoms with E-state index >= 15 is 0 Å². The Labute approximate surface area is 82.7 Å². The van der Waals surface area contributed by atoms with E-state index in [1.807, 2.05) is 0 Å². The molecule has 1 rings (SSSR count). The molecule has 1 saturated carbocycles. The number of nitrogens with one attached hydrogen (secondary N) is 1. The molecule has 0 saturated heterocycles. The van der Waals surface area contributed by atoms with Crippen LogP contribution in [0.1, 0.15) is 32.6 Å². The van der Waals surface area contributed by atoms with Gasteiger partial charge >= 0.3 is 0 Å². The van der Waals surface area contributed by atoms with Crippen LogP contribution in [-0.4, -0.2) is 38.1 Å². The smallest absolute Gasteiger partial charge is 0.0104 e. The molecule has 0 bridgehead atoms. The molecule has 2 nitrogen and oxygen atoms in total. The molecule has 0 aliphatic heterocycles. The maximum atomic E-state index is 3.43. The standard InChI is InChI=1S/C11H24N2/c1-3-7-12-8-9-13(2)10-11-5-4-6-11/h11-12H,3-10H2,1-2H3. The van der Waals surface area contributed by atoms with Crippen LogP contribution in [-0.2, 0) is 0 Å². The third-order valence-electron chi connectivity index (χ3n) is 2.89. The van der Waals surface area contributed by atoms with Gasteiger partial charge in [-0.3, -0.25) is 0 Å². The Morgan fingerprint density at radius 1 is 1.31 bits per heavy atom. The van der Waals surface area contributed by atoms with Crippen LogP contribution in [0.4, 0.5) is 0 Å². The van der Waals surface area contributed by atoms with Crippen molar-refractivity contribution in [1.29, 1.82) is 0 Å². The summed E-state index contributed by atoms with van der Waals surface area (Å²) in [6.07, 6.45) is 5.64. The lowest BCUT2D eigenvalue weighted by Crippen LogP contribution is -2.34. The molecule has 78 valence electrons. The summed E-state index contributed by atoms with van der Waals surface area (Å²) in [7, 11) is 2.24. The van der Waals surface area contributed by atoms with Gasteiger partial charge in [0.05, 0.1) is 0 Å². The van der Waals surface area contributed by atoms with Gasteiger partial charge in [-0.1, -0.05) is 13.3 Å². The monoisotopic (exact) mass is 184 g/mol. The zero-order valence-corrected chi connectivity index (χ0v) is 9.18. The van der Waals surface area contributed by atoms with E-state index in [4.69, 9.17) is 0 Å². The molecule has 1 aliphatic rings. The largest absolute Gasteiger partial charge is 0.315 e. The summed E-state index contributed by atoms with van der Waals surface area (Å²) in [6, 6.07) is 0. The Hall–Kier alpha value is -0.0800. The fourth-order valence-electron chi connectivity index (χ4n) is 1.78. The third-order valence-corrected chi connectivity index (χ3v) is 2.89. The van der Waals surface area contributed by atoms with Crippen LogP contribution in [0.25, 0.3) is 0 Å². The van der Waals surface area contributed by atoms with E-state index in [-0.39, 0.29) is 0 Å². The maximum absolute atomic E-state index is 3.43. The summed E-state index contributed by atoms with van der Waals surface area (Å²) in [6.45, 7) is 7.05.